The molecule has 3 nitrogen and oxygen atoms in total. The molecule has 1 rings (SSSR count). The van der Waals surface area contributed by atoms with E-state index in [9.17, 15) is 13.2 Å². The molecule has 1 aromatic rings. The summed E-state index contributed by atoms with van der Waals surface area (Å²) in [7, 11) is 0. The van der Waals surface area contributed by atoms with Gasteiger partial charge in [0, 0.05) is 19.3 Å². The van der Waals surface area contributed by atoms with Crippen LogP contribution < -0.4 is 5.32 Å². The van der Waals surface area contributed by atoms with Gasteiger partial charge in [-0.2, -0.15) is 13.2 Å². The molecule has 102 valence electrons. The summed E-state index contributed by atoms with van der Waals surface area (Å²) in [6.45, 7) is 3.36. The lowest BCUT2D eigenvalue weighted by Gasteiger charge is -2.13. The van der Waals surface area contributed by atoms with E-state index >= 15 is 0 Å². The van der Waals surface area contributed by atoms with Crippen molar-refractivity contribution in [1.82, 2.24) is 4.98 Å². The Kier molecular flexibility index (Phi) is 5.91. The second-order valence-electron chi connectivity index (χ2n) is 3.79. The first-order valence-corrected chi connectivity index (χ1v) is 5.89. The van der Waals surface area contributed by atoms with Gasteiger partial charge in [0.2, 0.25) is 0 Å². The van der Waals surface area contributed by atoms with Gasteiger partial charge in [-0.15, -0.1) is 0 Å². The van der Waals surface area contributed by atoms with Crippen LogP contribution in [-0.4, -0.2) is 24.7 Å². The third-order valence-electron chi connectivity index (χ3n) is 2.29. The van der Waals surface area contributed by atoms with Gasteiger partial charge in [-0.05, 0) is 18.6 Å². The fourth-order valence-corrected chi connectivity index (χ4v) is 1.36. The Morgan fingerprint density at radius 1 is 1.33 bits per heavy atom. The molecule has 1 heterocycles. The van der Waals surface area contributed by atoms with E-state index in [1.807, 2.05) is 6.92 Å². The SMILES string of the molecule is CCCCOCCNc1ncccc1C(F)(F)F. The van der Waals surface area contributed by atoms with E-state index in [1.165, 1.54) is 12.3 Å². The van der Waals surface area contributed by atoms with E-state index in [0.717, 1.165) is 18.9 Å². The Labute approximate surface area is 104 Å². The van der Waals surface area contributed by atoms with Crippen molar-refractivity contribution in [3.8, 4) is 0 Å². The highest BCUT2D eigenvalue weighted by Gasteiger charge is 2.33. The van der Waals surface area contributed by atoms with Crippen LogP contribution in [0.25, 0.3) is 0 Å². The molecule has 0 bridgehead atoms. The zero-order valence-corrected chi connectivity index (χ0v) is 10.3. The number of rotatable bonds is 7. The molecule has 0 atom stereocenters. The highest BCUT2D eigenvalue weighted by atomic mass is 19.4. The molecule has 0 aliphatic heterocycles. The molecule has 0 saturated carbocycles. The van der Waals surface area contributed by atoms with Gasteiger partial charge in [0.15, 0.2) is 0 Å². The molecule has 1 N–H and O–H groups in total. The van der Waals surface area contributed by atoms with E-state index in [0.29, 0.717) is 19.8 Å². The van der Waals surface area contributed by atoms with E-state index < -0.39 is 11.7 Å². The van der Waals surface area contributed by atoms with Gasteiger partial charge in [-0.1, -0.05) is 13.3 Å². The fraction of sp³-hybridized carbons (Fsp3) is 0.583. The maximum Gasteiger partial charge on any atom is 0.419 e. The number of pyridine rings is 1. The molecule has 0 fully saturated rings. The van der Waals surface area contributed by atoms with Crippen LogP contribution in [0.4, 0.5) is 19.0 Å². The average molecular weight is 262 g/mol. The summed E-state index contributed by atoms with van der Waals surface area (Å²) >= 11 is 0. The molecular weight excluding hydrogens is 245 g/mol. The molecule has 0 radical (unpaired) electrons. The number of anilines is 1. The van der Waals surface area contributed by atoms with Crippen LogP contribution in [0.1, 0.15) is 25.3 Å². The van der Waals surface area contributed by atoms with Crippen molar-refractivity contribution < 1.29 is 17.9 Å². The van der Waals surface area contributed by atoms with Gasteiger partial charge < -0.3 is 10.1 Å². The minimum Gasteiger partial charge on any atom is -0.380 e. The Balaban J connectivity index is 2.43. The number of ether oxygens (including phenoxy) is 1. The van der Waals surface area contributed by atoms with E-state index in [4.69, 9.17) is 4.74 Å². The van der Waals surface area contributed by atoms with E-state index in [2.05, 4.69) is 10.3 Å². The summed E-state index contributed by atoms with van der Waals surface area (Å²) in [5, 5.41) is 2.64. The predicted octanol–water partition coefficient (Wildman–Crippen LogP) is 3.33. The fourth-order valence-electron chi connectivity index (χ4n) is 1.36. The third kappa shape index (κ3) is 4.91. The Morgan fingerprint density at radius 2 is 2.11 bits per heavy atom. The maximum absolute atomic E-state index is 12.6. The second kappa shape index (κ2) is 7.20. The van der Waals surface area contributed by atoms with Crippen molar-refractivity contribution in [3.63, 3.8) is 0 Å². The van der Waals surface area contributed by atoms with Crippen molar-refractivity contribution in [2.24, 2.45) is 0 Å². The van der Waals surface area contributed by atoms with Gasteiger partial charge in [-0.3, -0.25) is 0 Å². The van der Waals surface area contributed by atoms with Crippen molar-refractivity contribution in [2.75, 3.05) is 25.1 Å². The summed E-state index contributed by atoms with van der Waals surface area (Å²) in [5.41, 5.74) is -0.751. The number of hydrogen-bond donors (Lipinski definition) is 1. The predicted molar refractivity (Wildman–Crippen MR) is 63.5 cm³/mol. The number of aromatic nitrogens is 1. The highest BCUT2D eigenvalue weighted by Crippen LogP contribution is 2.33. The van der Waals surface area contributed by atoms with Crippen molar-refractivity contribution >= 4 is 5.82 Å². The van der Waals surface area contributed by atoms with Gasteiger partial charge >= 0.3 is 6.18 Å². The first-order valence-electron chi connectivity index (χ1n) is 5.89. The standard InChI is InChI=1S/C12H17F3N2O/c1-2-3-8-18-9-7-17-11-10(12(13,14)15)5-4-6-16-11/h4-6H,2-3,7-9H2,1H3,(H,16,17). The molecule has 0 spiro atoms. The number of nitrogens with one attached hydrogen (secondary N) is 1. The van der Waals surface area contributed by atoms with Crippen LogP contribution in [0.3, 0.4) is 0 Å². The molecule has 0 aliphatic carbocycles. The van der Waals surface area contributed by atoms with Crippen molar-refractivity contribution in [2.45, 2.75) is 25.9 Å². The zero-order chi connectivity index (χ0) is 13.4. The summed E-state index contributed by atoms with van der Waals surface area (Å²) in [5.74, 6) is -0.149. The highest BCUT2D eigenvalue weighted by molar-refractivity contribution is 5.45. The molecule has 1 aromatic heterocycles. The first kappa shape index (κ1) is 14.8. The number of alkyl halides is 3. The van der Waals surface area contributed by atoms with Crippen LogP contribution in [0.15, 0.2) is 18.3 Å². The molecule has 0 unspecified atom stereocenters. The van der Waals surface area contributed by atoms with Crippen LogP contribution in [0.2, 0.25) is 0 Å². The van der Waals surface area contributed by atoms with Gasteiger partial charge in [0.05, 0.1) is 12.2 Å². The van der Waals surface area contributed by atoms with Crippen LogP contribution in [-0.2, 0) is 10.9 Å². The number of unbranched alkanes of at least 4 members (excludes halogenated alkanes) is 1. The number of halogens is 3. The zero-order valence-electron chi connectivity index (χ0n) is 10.3. The number of nitrogens with zero attached hydrogens (tertiary/aromatic N) is 1. The quantitative estimate of drug-likeness (QED) is 0.765. The minimum absolute atomic E-state index is 0.149. The lowest BCUT2D eigenvalue weighted by atomic mass is 10.2. The average Bonchev–Trinajstić information content (AvgIpc) is 2.33. The second-order valence-corrected chi connectivity index (χ2v) is 3.79. The summed E-state index contributed by atoms with van der Waals surface area (Å²) in [4.78, 5) is 3.69. The largest absolute Gasteiger partial charge is 0.419 e. The summed E-state index contributed by atoms with van der Waals surface area (Å²) < 4.78 is 43.1. The van der Waals surface area contributed by atoms with E-state index in [1.54, 1.807) is 0 Å². The molecule has 0 saturated heterocycles. The van der Waals surface area contributed by atoms with Crippen LogP contribution >= 0.6 is 0 Å². The molecular formula is C12H17F3N2O. The Bertz CT molecular complexity index is 355. The van der Waals surface area contributed by atoms with Crippen molar-refractivity contribution in [1.29, 1.82) is 0 Å². The smallest absolute Gasteiger partial charge is 0.380 e. The number of hydrogen-bond acceptors (Lipinski definition) is 3. The summed E-state index contributed by atoms with van der Waals surface area (Å²) in [6, 6.07) is 2.28. The van der Waals surface area contributed by atoms with Gasteiger partial charge in [0.25, 0.3) is 0 Å². The normalized spacial score (nSPS) is 11.6. The monoisotopic (exact) mass is 262 g/mol. The third-order valence-corrected chi connectivity index (χ3v) is 2.29. The summed E-state index contributed by atoms with van der Waals surface area (Å²) in [6.07, 6.45) is -1.07. The maximum atomic E-state index is 12.6. The molecule has 0 amide bonds. The minimum atomic E-state index is -4.39. The molecule has 18 heavy (non-hydrogen) atoms. The lowest BCUT2D eigenvalue weighted by molar-refractivity contribution is -0.137. The topological polar surface area (TPSA) is 34.1 Å². The van der Waals surface area contributed by atoms with Gasteiger partial charge in [0.1, 0.15) is 5.82 Å². The van der Waals surface area contributed by atoms with Crippen LogP contribution in [0.5, 0.6) is 0 Å². The first-order chi connectivity index (χ1) is 8.55. The van der Waals surface area contributed by atoms with Crippen LogP contribution in [0, 0.1) is 0 Å². The van der Waals surface area contributed by atoms with Crippen molar-refractivity contribution in [3.05, 3.63) is 23.9 Å². The Hall–Kier alpha value is -1.30. The Morgan fingerprint density at radius 3 is 2.78 bits per heavy atom. The molecule has 0 aromatic carbocycles. The molecule has 6 heteroatoms. The lowest BCUT2D eigenvalue weighted by Crippen LogP contribution is -2.15. The molecule has 0 aliphatic rings. The van der Waals surface area contributed by atoms with Gasteiger partial charge in [-0.25, -0.2) is 4.98 Å². The van der Waals surface area contributed by atoms with E-state index in [-0.39, 0.29) is 5.82 Å².